The van der Waals surface area contributed by atoms with Crippen LogP contribution in [0.3, 0.4) is 0 Å². The van der Waals surface area contributed by atoms with Gasteiger partial charge in [-0.15, -0.1) is 0 Å². The first-order valence-electron chi connectivity index (χ1n) is 11.1. The molecule has 5 heteroatoms. The molecule has 2 heterocycles. The molecule has 0 bridgehead atoms. The minimum atomic E-state index is -0.841. The summed E-state index contributed by atoms with van der Waals surface area (Å²) in [6.07, 6.45) is 1.90. The molecule has 4 aromatic rings. The van der Waals surface area contributed by atoms with E-state index in [9.17, 15) is 4.79 Å². The molecule has 1 aliphatic heterocycles. The first-order valence-corrected chi connectivity index (χ1v) is 11.1. The number of hydrogen-bond donors (Lipinski definition) is 1. The third kappa shape index (κ3) is 3.70. The summed E-state index contributed by atoms with van der Waals surface area (Å²) in [5.41, 5.74) is 2.18. The van der Waals surface area contributed by atoms with Crippen LogP contribution < -0.4 is 11.1 Å². The number of hydrogen-bond acceptors (Lipinski definition) is 4. The monoisotopic (exact) mass is 425 g/mol. The third-order valence-corrected chi connectivity index (χ3v) is 6.21. The fourth-order valence-corrected chi connectivity index (χ4v) is 4.74. The van der Waals surface area contributed by atoms with Crippen LogP contribution in [0.2, 0.25) is 0 Å². The van der Waals surface area contributed by atoms with E-state index in [-0.39, 0.29) is 5.76 Å². The Labute approximate surface area is 187 Å². The van der Waals surface area contributed by atoms with Gasteiger partial charge in [0, 0.05) is 26.2 Å². The van der Waals surface area contributed by atoms with E-state index in [1.54, 1.807) is 4.57 Å². The minimum Gasteiger partial charge on any atom is -0.411 e. The van der Waals surface area contributed by atoms with E-state index < -0.39 is 5.54 Å². The zero-order valence-electron chi connectivity index (χ0n) is 18.0. The van der Waals surface area contributed by atoms with Crippen LogP contribution in [0.4, 0.5) is 0 Å². The molecule has 0 amide bonds. The lowest BCUT2D eigenvalue weighted by Gasteiger charge is -2.36. The Kier molecular flexibility index (Phi) is 5.75. The van der Waals surface area contributed by atoms with E-state index in [2.05, 4.69) is 46.6 Å². The molecule has 0 radical (unpaired) electrons. The topological polar surface area (TPSA) is 50.4 Å². The molecule has 1 aliphatic rings. The molecule has 32 heavy (non-hydrogen) atoms. The first-order chi connectivity index (χ1) is 15.8. The Morgan fingerprint density at radius 2 is 1.22 bits per heavy atom. The Morgan fingerprint density at radius 1 is 0.750 bits per heavy atom. The summed E-state index contributed by atoms with van der Waals surface area (Å²) < 4.78 is 7.60. The van der Waals surface area contributed by atoms with Crippen molar-refractivity contribution in [1.29, 1.82) is 0 Å². The summed E-state index contributed by atoms with van der Waals surface area (Å²) in [4.78, 5) is 15.7. The maximum absolute atomic E-state index is 13.4. The van der Waals surface area contributed by atoms with E-state index >= 15 is 0 Å². The van der Waals surface area contributed by atoms with Gasteiger partial charge >= 0.3 is 5.76 Å². The molecule has 1 fully saturated rings. The van der Waals surface area contributed by atoms with E-state index in [0.29, 0.717) is 12.3 Å². The van der Waals surface area contributed by atoms with Crippen LogP contribution in [0.5, 0.6) is 0 Å². The average Bonchev–Trinajstić information content (AvgIpc) is 3.22. The molecule has 0 spiro atoms. The lowest BCUT2D eigenvalue weighted by molar-refractivity contribution is 0.214. The van der Waals surface area contributed by atoms with Crippen LogP contribution in [0.15, 0.2) is 106 Å². The molecule has 162 valence electrons. The number of benzene rings is 3. The lowest BCUT2D eigenvalue weighted by atomic mass is 9.77. The maximum Gasteiger partial charge on any atom is 0.420 e. The number of rotatable bonds is 6. The van der Waals surface area contributed by atoms with Crippen molar-refractivity contribution in [1.82, 2.24) is 14.8 Å². The molecule has 0 saturated carbocycles. The molecular weight excluding hydrogens is 398 g/mol. The quantitative estimate of drug-likeness (QED) is 0.479. The van der Waals surface area contributed by atoms with E-state index in [1.165, 1.54) is 0 Å². The highest BCUT2D eigenvalue weighted by Crippen LogP contribution is 2.40. The number of aromatic nitrogens is 1. The second kappa shape index (κ2) is 8.99. The van der Waals surface area contributed by atoms with Gasteiger partial charge in [0.15, 0.2) is 0 Å². The largest absolute Gasteiger partial charge is 0.420 e. The van der Waals surface area contributed by atoms with Crippen LogP contribution in [0.1, 0.15) is 22.5 Å². The summed E-state index contributed by atoms with van der Waals surface area (Å²) in [7, 11) is 0. The van der Waals surface area contributed by atoms with Gasteiger partial charge in [-0.2, -0.15) is 0 Å². The number of piperazine rings is 1. The summed E-state index contributed by atoms with van der Waals surface area (Å²) in [5.74, 6) is 0.329. The van der Waals surface area contributed by atoms with Gasteiger partial charge in [0.25, 0.3) is 0 Å². The van der Waals surface area contributed by atoms with Gasteiger partial charge < -0.3 is 9.73 Å². The highest BCUT2D eigenvalue weighted by Gasteiger charge is 2.40. The van der Waals surface area contributed by atoms with Gasteiger partial charge in [-0.1, -0.05) is 91.0 Å². The van der Waals surface area contributed by atoms with Gasteiger partial charge in [-0.25, -0.2) is 4.79 Å². The predicted molar refractivity (Wildman–Crippen MR) is 126 cm³/mol. The predicted octanol–water partition coefficient (Wildman–Crippen LogP) is 3.69. The molecular formula is C27H27N3O2. The third-order valence-electron chi connectivity index (χ3n) is 6.21. The highest BCUT2D eigenvalue weighted by atomic mass is 16.4. The Morgan fingerprint density at radius 3 is 1.69 bits per heavy atom. The molecule has 1 N–H and O–H groups in total. The van der Waals surface area contributed by atoms with Gasteiger partial charge in [0.05, 0.1) is 12.7 Å². The second-order valence-electron chi connectivity index (χ2n) is 8.17. The molecule has 1 aromatic heterocycles. The fraction of sp³-hybridized carbons (Fsp3) is 0.222. The zero-order chi connectivity index (χ0) is 21.8. The maximum atomic E-state index is 13.4. The minimum absolute atomic E-state index is 0.355. The van der Waals surface area contributed by atoms with Crippen LogP contribution in [0, 0.1) is 0 Å². The number of nitrogens with zero attached hydrogens (tertiary/aromatic N) is 2. The van der Waals surface area contributed by atoms with Crippen LogP contribution in [0.25, 0.3) is 0 Å². The molecule has 3 aromatic carbocycles. The summed E-state index contributed by atoms with van der Waals surface area (Å²) in [5, 5.41) is 3.37. The van der Waals surface area contributed by atoms with Crippen molar-refractivity contribution >= 4 is 0 Å². The molecule has 1 saturated heterocycles. The van der Waals surface area contributed by atoms with Crippen molar-refractivity contribution in [2.45, 2.75) is 12.1 Å². The van der Waals surface area contributed by atoms with Gasteiger partial charge in [-0.3, -0.25) is 9.47 Å². The number of oxazole rings is 1. The smallest absolute Gasteiger partial charge is 0.411 e. The van der Waals surface area contributed by atoms with E-state index in [4.69, 9.17) is 4.42 Å². The van der Waals surface area contributed by atoms with Gasteiger partial charge in [0.2, 0.25) is 0 Å². The second-order valence-corrected chi connectivity index (χ2v) is 8.17. The van der Waals surface area contributed by atoms with E-state index in [1.807, 2.05) is 60.8 Å². The Bertz CT molecular complexity index is 1100. The summed E-state index contributed by atoms with van der Waals surface area (Å²) in [6, 6.07) is 30.6. The fourth-order valence-electron chi connectivity index (χ4n) is 4.74. The highest BCUT2D eigenvalue weighted by molar-refractivity contribution is 5.50. The van der Waals surface area contributed by atoms with E-state index in [0.717, 1.165) is 42.9 Å². The van der Waals surface area contributed by atoms with Crippen molar-refractivity contribution < 1.29 is 4.42 Å². The van der Waals surface area contributed by atoms with Crippen LogP contribution >= 0.6 is 0 Å². The lowest BCUT2D eigenvalue weighted by Crippen LogP contribution is -2.43. The van der Waals surface area contributed by atoms with Crippen LogP contribution in [-0.2, 0) is 12.1 Å². The Hall–Kier alpha value is -3.41. The molecule has 5 rings (SSSR count). The summed E-state index contributed by atoms with van der Waals surface area (Å²) in [6.45, 7) is 4.41. The summed E-state index contributed by atoms with van der Waals surface area (Å²) >= 11 is 0. The van der Waals surface area contributed by atoms with Gasteiger partial charge in [-0.05, 0) is 16.7 Å². The average molecular weight is 426 g/mol. The molecule has 5 nitrogen and oxygen atoms in total. The van der Waals surface area contributed by atoms with Crippen molar-refractivity contribution in [3.05, 3.63) is 130 Å². The van der Waals surface area contributed by atoms with Crippen LogP contribution in [-0.4, -0.2) is 35.6 Å². The zero-order valence-corrected chi connectivity index (χ0v) is 18.0. The van der Waals surface area contributed by atoms with Crippen molar-refractivity contribution in [2.24, 2.45) is 0 Å². The molecule has 0 aliphatic carbocycles. The first kappa shape index (κ1) is 20.5. The normalized spacial score (nSPS) is 15.0. The number of nitrogens with one attached hydrogen (secondary N) is 1. The standard InChI is InChI=1S/C27H27N3O2/c31-26-30(21-25(32-26)20-29-18-16-28-17-19-29)27(22-10-4-1-5-11-22,23-12-6-2-7-13-23)24-14-8-3-9-15-24/h1-15,21,28H,16-20H2. The molecule has 0 unspecified atom stereocenters. The Balaban J connectivity index is 1.73. The SMILES string of the molecule is O=c1oc(CN2CCNCC2)cn1C(c1ccccc1)(c1ccccc1)c1ccccc1. The van der Waals surface area contributed by atoms with Crippen molar-refractivity contribution in [3.63, 3.8) is 0 Å². The van der Waals surface area contributed by atoms with Crippen molar-refractivity contribution in [3.8, 4) is 0 Å². The van der Waals surface area contributed by atoms with Crippen molar-refractivity contribution in [2.75, 3.05) is 26.2 Å². The molecule has 0 atom stereocenters. The van der Waals surface area contributed by atoms with Gasteiger partial charge in [0.1, 0.15) is 11.3 Å².